The predicted molar refractivity (Wildman–Crippen MR) is 62.7 cm³/mol. The van der Waals surface area contributed by atoms with Crippen molar-refractivity contribution in [2.75, 3.05) is 16.2 Å². The van der Waals surface area contributed by atoms with Crippen molar-refractivity contribution in [1.82, 2.24) is 0 Å². The first-order chi connectivity index (χ1) is 7.46. The molecule has 1 saturated carbocycles. The Morgan fingerprint density at radius 2 is 2.12 bits per heavy atom. The molecule has 0 bridgehead atoms. The van der Waals surface area contributed by atoms with Gasteiger partial charge in [0.15, 0.2) is 0 Å². The van der Waals surface area contributed by atoms with Gasteiger partial charge in [0.25, 0.3) is 0 Å². The van der Waals surface area contributed by atoms with E-state index in [1.54, 1.807) is 0 Å². The molecule has 0 aromatic heterocycles. The molecular formula is C10H14N2O3S. The van der Waals surface area contributed by atoms with Gasteiger partial charge in [0.2, 0.25) is 10.0 Å². The molecule has 1 fully saturated rings. The minimum absolute atomic E-state index is 0.0163. The van der Waals surface area contributed by atoms with Crippen molar-refractivity contribution >= 4 is 21.4 Å². The lowest BCUT2D eigenvalue weighted by Crippen LogP contribution is -2.18. The minimum atomic E-state index is -3.32. The number of rotatable bonds is 4. The number of benzene rings is 1. The molecule has 0 radical (unpaired) electrons. The van der Waals surface area contributed by atoms with Gasteiger partial charge < -0.3 is 10.8 Å². The van der Waals surface area contributed by atoms with Crippen LogP contribution >= 0.6 is 0 Å². The summed E-state index contributed by atoms with van der Waals surface area (Å²) in [7, 11) is -3.32. The molecule has 1 aromatic rings. The Morgan fingerprint density at radius 3 is 2.69 bits per heavy atom. The Kier molecular flexibility index (Phi) is 2.67. The molecule has 6 heteroatoms. The standard InChI is InChI=1S/C10H14N2O3S/c11-9-5-8(13)3-4-10(9)12-16(14,15)6-7-1-2-7/h3-5,7,12-13H,1-2,6,11H2. The third kappa shape index (κ3) is 2.79. The number of phenols is 1. The number of sulfonamides is 1. The van der Waals surface area contributed by atoms with Gasteiger partial charge in [0.1, 0.15) is 5.75 Å². The van der Waals surface area contributed by atoms with Crippen LogP contribution in [-0.4, -0.2) is 19.3 Å². The van der Waals surface area contributed by atoms with Crippen molar-refractivity contribution in [3.05, 3.63) is 18.2 Å². The van der Waals surface area contributed by atoms with Crippen molar-refractivity contribution in [3.63, 3.8) is 0 Å². The molecule has 0 atom stereocenters. The highest BCUT2D eigenvalue weighted by molar-refractivity contribution is 7.92. The highest BCUT2D eigenvalue weighted by Crippen LogP contribution is 2.31. The molecule has 2 rings (SSSR count). The normalized spacial score (nSPS) is 16.0. The average Bonchev–Trinajstić information content (AvgIpc) is 2.93. The summed E-state index contributed by atoms with van der Waals surface area (Å²) in [6, 6.07) is 4.16. The monoisotopic (exact) mass is 242 g/mol. The van der Waals surface area contributed by atoms with Gasteiger partial charge in [-0.15, -0.1) is 0 Å². The molecule has 0 aliphatic heterocycles. The van der Waals surface area contributed by atoms with Crippen LogP contribution < -0.4 is 10.5 Å². The summed E-state index contributed by atoms with van der Waals surface area (Å²) in [6.45, 7) is 0. The molecule has 16 heavy (non-hydrogen) atoms. The van der Waals surface area contributed by atoms with E-state index in [9.17, 15) is 8.42 Å². The predicted octanol–water partition coefficient (Wildman–Crippen LogP) is 1.13. The van der Waals surface area contributed by atoms with E-state index < -0.39 is 10.0 Å². The number of hydrogen-bond acceptors (Lipinski definition) is 4. The third-order valence-electron chi connectivity index (χ3n) is 2.45. The SMILES string of the molecule is Nc1cc(O)ccc1NS(=O)(=O)CC1CC1. The molecule has 0 saturated heterocycles. The zero-order chi connectivity index (χ0) is 11.8. The summed E-state index contributed by atoms with van der Waals surface area (Å²) < 4.78 is 25.7. The van der Waals surface area contributed by atoms with Gasteiger partial charge in [-0.05, 0) is 30.9 Å². The van der Waals surface area contributed by atoms with Crippen molar-refractivity contribution in [2.24, 2.45) is 5.92 Å². The van der Waals surface area contributed by atoms with E-state index in [2.05, 4.69) is 4.72 Å². The first-order valence-corrected chi connectivity index (χ1v) is 6.70. The van der Waals surface area contributed by atoms with Crippen molar-refractivity contribution in [3.8, 4) is 5.75 Å². The Morgan fingerprint density at radius 1 is 1.44 bits per heavy atom. The van der Waals surface area contributed by atoms with Crippen LogP contribution in [0.25, 0.3) is 0 Å². The van der Waals surface area contributed by atoms with Gasteiger partial charge >= 0.3 is 0 Å². The maximum absolute atomic E-state index is 11.7. The maximum atomic E-state index is 11.7. The summed E-state index contributed by atoms with van der Waals surface area (Å²) in [5.74, 6) is 0.450. The molecule has 88 valence electrons. The molecule has 0 unspecified atom stereocenters. The van der Waals surface area contributed by atoms with Gasteiger partial charge in [0, 0.05) is 6.07 Å². The van der Waals surface area contributed by atoms with Gasteiger partial charge in [-0.2, -0.15) is 0 Å². The van der Waals surface area contributed by atoms with Crippen LogP contribution in [0.2, 0.25) is 0 Å². The van der Waals surface area contributed by atoms with Crippen LogP contribution in [-0.2, 0) is 10.0 Å². The van der Waals surface area contributed by atoms with Crippen LogP contribution in [0.4, 0.5) is 11.4 Å². The van der Waals surface area contributed by atoms with Crippen molar-refractivity contribution in [1.29, 1.82) is 0 Å². The fraction of sp³-hybridized carbons (Fsp3) is 0.400. The van der Waals surface area contributed by atoms with Crippen LogP contribution in [0.3, 0.4) is 0 Å². The van der Waals surface area contributed by atoms with Crippen LogP contribution in [0, 0.1) is 5.92 Å². The van der Waals surface area contributed by atoms with E-state index in [0.717, 1.165) is 12.8 Å². The molecule has 4 N–H and O–H groups in total. The van der Waals surface area contributed by atoms with Crippen LogP contribution in [0.15, 0.2) is 18.2 Å². The Balaban J connectivity index is 2.13. The van der Waals surface area contributed by atoms with Crippen LogP contribution in [0.1, 0.15) is 12.8 Å². The van der Waals surface area contributed by atoms with E-state index in [-0.39, 0.29) is 23.1 Å². The van der Waals surface area contributed by atoms with Crippen molar-refractivity contribution < 1.29 is 13.5 Å². The van der Waals surface area contributed by atoms with E-state index >= 15 is 0 Å². The number of nitrogen functional groups attached to an aromatic ring is 1. The summed E-state index contributed by atoms with van der Waals surface area (Å²) in [5, 5.41) is 9.13. The molecular weight excluding hydrogens is 228 g/mol. The zero-order valence-electron chi connectivity index (χ0n) is 8.68. The Labute approximate surface area is 94.3 Å². The number of nitrogens with two attached hydrogens (primary N) is 1. The summed E-state index contributed by atoms with van der Waals surface area (Å²) in [4.78, 5) is 0. The first-order valence-electron chi connectivity index (χ1n) is 5.05. The highest BCUT2D eigenvalue weighted by atomic mass is 32.2. The van der Waals surface area contributed by atoms with Crippen LogP contribution in [0.5, 0.6) is 5.75 Å². The molecule has 1 aromatic carbocycles. The second kappa shape index (κ2) is 3.86. The number of nitrogens with one attached hydrogen (secondary N) is 1. The lowest BCUT2D eigenvalue weighted by Gasteiger charge is -2.09. The second-order valence-electron chi connectivity index (χ2n) is 4.10. The Bertz CT molecular complexity index is 495. The summed E-state index contributed by atoms with van der Waals surface area (Å²) in [5.41, 5.74) is 6.13. The number of aromatic hydroxyl groups is 1. The zero-order valence-corrected chi connectivity index (χ0v) is 9.50. The largest absolute Gasteiger partial charge is 0.508 e. The summed E-state index contributed by atoms with van der Waals surface area (Å²) in [6.07, 6.45) is 1.96. The van der Waals surface area contributed by atoms with Gasteiger partial charge in [-0.25, -0.2) is 8.42 Å². The molecule has 0 heterocycles. The third-order valence-corrected chi connectivity index (χ3v) is 3.89. The maximum Gasteiger partial charge on any atom is 0.233 e. The van der Waals surface area contributed by atoms with Gasteiger partial charge in [0.05, 0.1) is 17.1 Å². The smallest absolute Gasteiger partial charge is 0.233 e. The fourth-order valence-corrected chi connectivity index (χ4v) is 3.01. The van der Waals surface area contributed by atoms with E-state index in [1.807, 2.05) is 0 Å². The Hall–Kier alpha value is -1.43. The van der Waals surface area contributed by atoms with E-state index in [0.29, 0.717) is 5.69 Å². The second-order valence-corrected chi connectivity index (χ2v) is 5.87. The van der Waals surface area contributed by atoms with E-state index in [1.165, 1.54) is 18.2 Å². The van der Waals surface area contributed by atoms with Crippen molar-refractivity contribution in [2.45, 2.75) is 12.8 Å². The molecule has 0 amide bonds. The van der Waals surface area contributed by atoms with Gasteiger partial charge in [-0.1, -0.05) is 0 Å². The number of hydrogen-bond donors (Lipinski definition) is 3. The van der Waals surface area contributed by atoms with Gasteiger partial charge in [-0.3, -0.25) is 4.72 Å². The molecule has 1 aliphatic carbocycles. The number of anilines is 2. The fourth-order valence-electron chi connectivity index (χ4n) is 1.45. The summed E-state index contributed by atoms with van der Waals surface area (Å²) >= 11 is 0. The topological polar surface area (TPSA) is 92.4 Å². The molecule has 1 aliphatic rings. The quantitative estimate of drug-likeness (QED) is 0.545. The lowest BCUT2D eigenvalue weighted by molar-refractivity contribution is 0.475. The molecule has 5 nitrogen and oxygen atoms in total. The minimum Gasteiger partial charge on any atom is -0.508 e. The molecule has 0 spiro atoms. The first kappa shape index (κ1) is 11.1. The lowest BCUT2D eigenvalue weighted by atomic mass is 10.2. The van der Waals surface area contributed by atoms with E-state index in [4.69, 9.17) is 10.8 Å². The average molecular weight is 242 g/mol. The number of phenolic OH excluding ortho intramolecular Hbond substituents is 1. The highest BCUT2D eigenvalue weighted by Gasteiger charge is 2.28.